The van der Waals surface area contributed by atoms with Crippen molar-refractivity contribution in [1.29, 1.82) is 0 Å². The van der Waals surface area contributed by atoms with Crippen LogP contribution in [0.4, 0.5) is 49.6 Å². The van der Waals surface area contributed by atoms with Gasteiger partial charge in [0.25, 0.3) is 10.0 Å². The highest BCUT2D eigenvalue weighted by molar-refractivity contribution is 7.92. The van der Waals surface area contributed by atoms with Gasteiger partial charge in [-0.05, 0) is 69.3 Å². The third kappa shape index (κ3) is 10.1. The summed E-state index contributed by atoms with van der Waals surface area (Å²) in [5.74, 6) is -1.60. The van der Waals surface area contributed by atoms with Gasteiger partial charge in [0.1, 0.15) is 39.4 Å². The van der Waals surface area contributed by atoms with Crippen LogP contribution in [-0.4, -0.2) is 71.4 Å². The Kier molecular flexibility index (Phi) is 12.8. The van der Waals surface area contributed by atoms with E-state index in [1.54, 1.807) is 26.8 Å². The highest BCUT2D eigenvalue weighted by atomic mass is 35.5. The molecule has 4 aromatic rings. The van der Waals surface area contributed by atoms with E-state index in [9.17, 15) is 30.8 Å². The molecule has 0 aliphatic carbocycles. The number of nitrogens with zero attached hydrogens (tertiary/aromatic N) is 4. The Bertz CT molecular complexity index is 2080. The average Bonchev–Trinajstić information content (AvgIpc) is 3.10. The van der Waals surface area contributed by atoms with E-state index in [-0.39, 0.29) is 46.7 Å². The summed E-state index contributed by atoms with van der Waals surface area (Å²) in [6.45, 7) is 4.76. The van der Waals surface area contributed by atoms with Crippen LogP contribution in [0.5, 0.6) is 11.5 Å². The summed E-state index contributed by atoms with van der Waals surface area (Å²) in [6.07, 6.45) is -4.54. The van der Waals surface area contributed by atoms with Crippen molar-refractivity contribution in [3.63, 3.8) is 0 Å². The number of carbonyl (C=O) groups excluding carboxylic acids is 1. The lowest BCUT2D eigenvalue weighted by atomic mass is 10.1. The van der Waals surface area contributed by atoms with Crippen LogP contribution < -0.4 is 24.0 Å². The van der Waals surface area contributed by atoms with Gasteiger partial charge in [0.15, 0.2) is 0 Å². The lowest BCUT2D eigenvalue weighted by molar-refractivity contribution is -0.137. The topological polar surface area (TPSA) is 114 Å². The number of anilines is 4. The molecule has 0 atom stereocenters. The second kappa shape index (κ2) is 16.5. The minimum absolute atomic E-state index is 0.0117. The zero-order valence-corrected chi connectivity index (χ0v) is 32.0. The Morgan fingerprint density at radius 1 is 0.907 bits per heavy atom. The van der Waals surface area contributed by atoms with Crippen LogP contribution in [0.2, 0.25) is 5.02 Å². The maximum absolute atomic E-state index is 16.0. The first-order chi connectivity index (χ1) is 25.1. The fourth-order valence-electron chi connectivity index (χ4n) is 5.01. The van der Waals surface area contributed by atoms with Gasteiger partial charge in [-0.15, -0.1) is 0 Å². The van der Waals surface area contributed by atoms with Crippen molar-refractivity contribution in [2.24, 2.45) is 0 Å². The van der Waals surface area contributed by atoms with E-state index in [0.29, 0.717) is 11.3 Å². The second-order valence-electron chi connectivity index (χ2n) is 13.0. The quantitative estimate of drug-likeness (QED) is 0.133. The Balaban J connectivity index is 1.71. The SMILES string of the molecule is COc1ccc(CN(c2ccc(F)cn2)S(=O)(=O)c2cc(Cl)c(Nc3ccc(C(F)(F)F)cc3N(C)CCN(C)C(=O)OC(C)(C)C)cc2F)c(OC)c1. The summed E-state index contributed by atoms with van der Waals surface area (Å²) < 4.78 is 116. The number of nitrogens with one attached hydrogen (secondary N) is 1. The van der Waals surface area contributed by atoms with Crippen molar-refractivity contribution in [3.05, 3.63) is 94.6 Å². The van der Waals surface area contributed by atoms with Crippen LogP contribution in [0.1, 0.15) is 31.9 Å². The molecule has 11 nitrogen and oxygen atoms in total. The van der Waals surface area contributed by atoms with Crippen molar-refractivity contribution in [1.82, 2.24) is 9.88 Å². The van der Waals surface area contributed by atoms with E-state index in [1.807, 2.05) is 0 Å². The third-order valence-electron chi connectivity index (χ3n) is 7.85. The summed E-state index contributed by atoms with van der Waals surface area (Å²) >= 11 is 6.53. The van der Waals surface area contributed by atoms with Gasteiger partial charge < -0.3 is 29.3 Å². The molecule has 0 saturated heterocycles. The van der Waals surface area contributed by atoms with Crippen molar-refractivity contribution in [2.45, 2.75) is 44.0 Å². The summed E-state index contributed by atoms with van der Waals surface area (Å²) in [5, 5.41) is 2.51. The molecule has 1 N–H and O–H groups in total. The maximum atomic E-state index is 16.0. The number of hydrogen-bond acceptors (Lipinski definition) is 9. The number of sulfonamides is 1. The van der Waals surface area contributed by atoms with Gasteiger partial charge in [-0.2, -0.15) is 13.2 Å². The molecule has 292 valence electrons. The largest absolute Gasteiger partial charge is 0.497 e. The van der Waals surface area contributed by atoms with E-state index < -0.39 is 56.5 Å². The first-order valence-corrected chi connectivity index (χ1v) is 17.9. The number of methoxy groups -OCH3 is 2. The third-order valence-corrected chi connectivity index (χ3v) is 9.92. The zero-order valence-electron chi connectivity index (χ0n) is 30.4. The summed E-state index contributed by atoms with van der Waals surface area (Å²) in [5.41, 5.74) is -1.51. The average molecular weight is 800 g/mol. The Hall–Kier alpha value is -5.03. The van der Waals surface area contributed by atoms with E-state index in [4.69, 9.17) is 25.8 Å². The molecule has 1 heterocycles. The van der Waals surface area contributed by atoms with Crippen LogP contribution in [0.3, 0.4) is 0 Å². The lowest BCUT2D eigenvalue weighted by Gasteiger charge is -2.28. The first-order valence-electron chi connectivity index (χ1n) is 16.1. The smallest absolute Gasteiger partial charge is 0.416 e. The van der Waals surface area contributed by atoms with Crippen molar-refractivity contribution < 1.29 is 49.4 Å². The molecule has 3 aromatic carbocycles. The monoisotopic (exact) mass is 799 g/mol. The van der Waals surface area contributed by atoms with Gasteiger partial charge in [0.05, 0.1) is 54.6 Å². The number of hydrogen-bond donors (Lipinski definition) is 1. The van der Waals surface area contributed by atoms with Gasteiger partial charge in [-0.1, -0.05) is 11.6 Å². The first kappa shape index (κ1) is 41.7. The molecule has 54 heavy (non-hydrogen) atoms. The van der Waals surface area contributed by atoms with Crippen LogP contribution >= 0.6 is 11.6 Å². The number of rotatable bonds is 13. The minimum Gasteiger partial charge on any atom is -0.497 e. The summed E-state index contributed by atoms with van der Waals surface area (Å²) in [4.78, 5) is 18.2. The van der Waals surface area contributed by atoms with E-state index in [2.05, 4.69) is 10.3 Å². The van der Waals surface area contributed by atoms with Crippen molar-refractivity contribution in [3.8, 4) is 11.5 Å². The standard InChI is InChI=1S/C36H39ClF5N5O6S/c1-35(2,3)53-34(48)46(5)15-14-45(4)30-16-23(36(40,41)42)9-12-28(30)44-29-19-27(39)32(18-26(29)37)54(49,50)47(33-13-10-24(38)20-43-33)21-22-8-11-25(51-6)17-31(22)52-7/h8-13,16-20,44H,14-15,21H2,1-7H3. The van der Waals surface area contributed by atoms with E-state index in [1.165, 1.54) is 50.2 Å². The number of alkyl halides is 3. The molecule has 0 saturated carbocycles. The Labute approximate surface area is 315 Å². The molecule has 0 aliphatic rings. The number of carbonyl (C=O) groups is 1. The number of benzene rings is 3. The van der Waals surface area contributed by atoms with Crippen LogP contribution in [0.25, 0.3) is 0 Å². The fourth-order valence-corrected chi connectivity index (χ4v) is 6.76. The van der Waals surface area contributed by atoms with Gasteiger partial charge in [-0.25, -0.2) is 31.3 Å². The van der Waals surface area contributed by atoms with Crippen LogP contribution in [0, 0.1) is 11.6 Å². The number of halogens is 6. The zero-order chi connectivity index (χ0) is 40.2. The molecule has 0 fully saturated rings. The summed E-state index contributed by atoms with van der Waals surface area (Å²) in [6, 6.07) is 11.1. The normalized spacial score (nSPS) is 11.9. The molecule has 1 aromatic heterocycles. The van der Waals surface area contributed by atoms with Crippen molar-refractivity contribution >= 4 is 50.6 Å². The molecule has 1 amide bonds. The second-order valence-corrected chi connectivity index (χ2v) is 15.2. The van der Waals surface area contributed by atoms with E-state index >= 15 is 4.39 Å². The predicted octanol–water partition coefficient (Wildman–Crippen LogP) is 8.49. The van der Waals surface area contributed by atoms with Crippen LogP contribution in [-0.2, 0) is 27.5 Å². The molecule has 0 unspecified atom stereocenters. The van der Waals surface area contributed by atoms with E-state index in [0.717, 1.165) is 53.0 Å². The van der Waals surface area contributed by atoms with Gasteiger partial charge in [0.2, 0.25) is 0 Å². The van der Waals surface area contributed by atoms with Gasteiger partial charge in [-0.3, -0.25) is 0 Å². The molecular formula is C36H39ClF5N5O6S. The summed E-state index contributed by atoms with van der Waals surface area (Å²) in [7, 11) is 0.944. The van der Waals surface area contributed by atoms with Gasteiger partial charge in [0, 0.05) is 44.9 Å². The number of ether oxygens (including phenoxy) is 3. The highest BCUT2D eigenvalue weighted by Gasteiger charge is 2.33. The number of likely N-dealkylation sites (N-methyl/N-ethyl adjacent to an activating group) is 2. The number of pyridine rings is 1. The molecule has 0 bridgehead atoms. The molecule has 4 rings (SSSR count). The Morgan fingerprint density at radius 3 is 2.20 bits per heavy atom. The number of aromatic nitrogens is 1. The molecule has 0 radical (unpaired) electrons. The Morgan fingerprint density at radius 2 is 1.61 bits per heavy atom. The minimum atomic E-state index is -4.83. The predicted molar refractivity (Wildman–Crippen MR) is 195 cm³/mol. The molecule has 0 aliphatic heterocycles. The molecule has 18 heteroatoms. The molecule has 0 spiro atoms. The lowest BCUT2D eigenvalue weighted by Crippen LogP contribution is -2.38. The van der Waals surface area contributed by atoms with Crippen LogP contribution in [0.15, 0.2) is 71.8 Å². The van der Waals surface area contributed by atoms with Crippen molar-refractivity contribution in [2.75, 3.05) is 55.9 Å². The highest BCUT2D eigenvalue weighted by Crippen LogP contribution is 2.39. The fraction of sp³-hybridized carbons (Fsp3) is 0.333. The van der Waals surface area contributed by atoms with Gasteiger partial charge >= 0.3 is 12.3 Å². The maximum Gasteiger partial charge on any atom is 0.416 e. The number of amides is 1. The molecular weight excluding hydrogens is 761 g/mol.